The van der Waals surface area contributed by atoms with Gasteiger partial charge < -0.3 is 19.7 Å². The predicted molar refractivity (Wildman–Crippen MR) is 169 cm³/mol. The molecule has 226 valence electrons. The summed E-state index contributed by atoms with van der Waals surface area (Å²) in [5.41, 5.74) is 2.42. The number of carbonyl (C=O) groups is 1. The Morgan fingerprint density at radius 2 is 1.60 bits per heavy atom. The van der Waals surface area contributed by atoms with Crippen LogP contribution in [0.2, 0.25) is 0 Å². The van der Waals surface area contributed by atoms with E-state index in [4.69, 9.17) is 14.5 Å². The van der Waals surface area contributed by atoms with Crippen LogP contribution in [-0.2, 0) is 17.9 Å². The molecule has 1 aliphatic heterocycles. The Kier molecular flexibility index (Phi) is 9.43. The topological polar surface area (TPSA) is 88.9 Å². The van der Waals surface area contributed by atoms with Crippen LogP contribution in [0, 0.1) is 0 Å². The number of carbonyl (C=O) groups excluding carboxylic acids is 1. The van der Waals surface area contributed by atoms with E-state index in [1.54, 1.807) is 10.6 Å². The number of piperazine rings is 1. The number of fused-ring (bicyclic) bond motifs is 1. The van der Waals surface area contributed by atoms with Gasteiger partial charge in [0.05, 0.1) is 29.7 Å². The zero-order chi connectivity index (χ0) is 30.4. The Morgan fingerprint density at radius 1 is 0.907 bits per heavy atom. The van der Waals surface area contributed by atoms with Gasteiger partial charge in [-0.15, -0.1) is 0 Å². The number of nitrogens with zero attached hydrogens (tertiary/aromatic N) is 4. The van der Waals surface area contributed by atoms with E-state index in [1.165, 1.54) is 0 Å². The number of benzene rings is 3. The number of hydrogen-bond acceptors (Lipinski definition) is 7. The average Bonchev–Trinajstić information content (AvgIpc) is 3.00. The highest BCUT2D eigenvalue weighted by Crippen LogP contribution is 2.24. The Labute approximate surface area is 253 Å². The standard InChI is InChI=1S/C34H41N5O4/c1-5-42-30-13-9-8-12-29(30)39-31(36-28-11-7-6-10-27(28)33(39)41)23-37-18-20-38(21-19-37)32(40)24-43-26-16-14-25(15-17-26)22-35-34(2,3)4/h6-17,35H,5,18-24H2,1-4H3. The Morgan fingerprint density at radius 3 is 2.33 bits per heavy atom. The van der Waals surface area contributed by atoms with E-state index in [9.17, 15) is 9.59 Å². The lowest BCUT2D eigenvalue weighted by Gasteiger charge is -2.34. The molecule has 1 amide bonds. The summed E-state index contributed by atoms with van der Waals surface area (Å²) < 4.78 is 13.3. The summed E-state index contributed by atoms with van der Waals surface area (Å²) in [6, 6.07) is 22.8. The molecule has 1 fully saturated rings. The van der Waals surface area contributed by atoms with Gasteiger partial charge in [-0.1, -0.05) is 36.4 Å². The molecule has 1 saturated heterocycles. The summed E-state index contributed by atoms with van der Waals surface area (Å²) in [5.74, 6) is 1.92. The maximum absolute atomic E-state index is 13.7. The predicted octanol–water partition coefficient (Wildman–Crippen LogP) is 4.40. The molecule has 1 N–H and O–H groups in total. The van der Waals surface area contributed by atoms with Crippen LogP contribution in [0.15, 0.2) is 77.6 Å². The van der Waals surface area contributed by atoms with Crippen molar-refractivity contribution in [2.45, 2.75) is 46.3 Å². The monoisotopic (exact) mass is 583 g/mol. The first-order valence-corrected chi connectivity index (χ1v) is 14.9. The number of hydrogen-bond donors (Lipinski definition) is 1. The molecule has 43 heavy (non-hydrogen) atoms. The van der Waals surface area contributed by atoms with E-state index in [0.717, 1.165) is 12.1 Å². The number of nitrogens with one attached hydrogen (secondary N) is 1. The lowest BCUT2D eigenvalue weighted by atomic mass is 10.1. The van der Waals surface area contributed by atoms with E-state index in [0.29, 0.717) is 73.2 Å². The van der Waals surface area contributed by atoms with Crippen molar-refractivity contribution in [1.82, 2.24) is 24.7 Å². The summed E-state index contributed by atoms with van der Waals surface area (Å²) >= 11 is 0. The molecule has 0 atom stereocenters. The molecule has 3 aromatic carbocycles. The van der Waals surface area contributed by atoms with Crippen molar-refractivity contribution < 1.29 is 14.3 Å². The van der Waals surface area contributed by atoms with Crippen molar-refractivity contribution in [2.24, 2.45) is 0 Å². The van der Waals surface area contributed by atoms with Crippen molar-refractivity contribution >= 4 is 16.8 Å². The van der Waals surface area contributed by atoms with E-state index in [-0.39, 0.29) is 23.6 Å². The van der Waals surface area contributed by atoms with Crippen LogP contribution in [0.3, 0.4) is 0 Å². The minimum Gasteiger partial charge on any atom is -0.492 e. The summed E-state index contributed by atoms with van der Waals surface area (Å²) in [5, 5.41) is 4.03. The van der Waals surface area contributed by atoms with Crippen molar-refractivity contribution in [3.05, 3.63) is 94.5 Å². The zero-order valence-electron chi connectivity index (χ0n) is 25.5. The number of aromatic nitrogens is 2. The molecule has 0 aliphatic carbocycles. The Balaban J connectivity index is 1.23. The molecule has 5 rings (SSSR count). The van der Waals surface area contributed by atoms with Crippen LogP contribution in [-0.4, -0.2) is 70.2 Å². The molecule has 1 aromatic heterocycles. The SMILES string of the molecule is CCOc1ccccc1-n1c(CN2CCN(C(=O)COc3ccc(CNC(C)(C)C)cc3)CC2)nc2ccccc2c1=O. The van der Waals surface area contributed by atoms with Gasteiger partial charge in [0.1, 0.15) is 17.3 Å². The van der Waals surface area contributed by atoms with Crippen molar-refractivity contribution in [3.8, 4) is 17.2 Å². The van der Waals surface area contributed by atoms with E-state index in [1.807, 2.05) is 78.6 Å². The molecular weight excluding hydrogens is 542 g/mol. The second-order valence-electron chi connectivity index (χ2n) is 11.8. The van der Waals surface area contributed by atoms with Gasteiger partial charge >= 0.3 is 0 Å². The third-order valence-electron chi connectivity index (χ3n) is 7.45. The average molecular weight is 584 g/mol. The first-order valence-electron chi connectivity index (χ1n) is 14.9. The number of ether oxygens (including phenoxy) is 2. The Hall–Kier alpha value is -4.21. The first-order chi connectivity index (χ1) is 20.7. The summed E-state index contributed by atoms with van der Waals surface area (Å²) in [6.45, 7) is 12.5. The summed E-state index contributed by atoms with van der Waals surface area (Å²) in [7, 11) is 0. The lowest BCUT2D eigenvalue weighted by Crippen LogP contribution is -2.50. The van der Waals surface area contributed by atoms with Crippen LogP contribution < -0.4 is 20.3 Å². The molecule has 2 heterocycles. The molecule has 9 heteroatoms. The second kappa shape index (κ2) is 13.4. The fourth-order valence-electron chi connectivity index (χ4n) is 5.12. The molecule has 0 bridgehead atoms. The molecule has 0 unspecified atom stereocenters. The Bertz CT molecular complexity index is 1600. The number of rotatable bonds is 10. The van der Waals surface area contributed by atoms with Gasteiger partial charge in [-0.3, -0.25) is 19.1 Å². The van der Waals surface area contributed by atoms with Gasteiger partial charge in [0.25, 0.3) is 11.5 Å². The number of para-hydroxylation sites is 3. The molecule has 0 saturated carbocycles. The summed E-state index contributed by atoms with van der Waals surface area (Å²) in [4.78, 5) is 35.7. The maximum Gasteiger partial charge on any atom is 0.266 e. The second-order valence-corrected chi connectivity index (χ2v) is 11.8. The van der Waals surface area contributed by atoms with Crippen molar-refractivity contribution in [2.75, 3.05) is 39.4 Å². The van der Waals surface area contributed by atoms with Crippen LogP contribution in [0.1, 0.15) is 39.1 Å². The quantitative estimate of drug-likeness (QED) is 0.296. The van der Waals surface area contributed by atoms with Gasteiger partial charge in [0.15, 0.2) is 6.61 Å². The third-order valence-corrected chi connectivity index (χ3v) is 7.45. The fourth-order valence-corrected chi connectivity index (χ4v) is 5.12. The zero-order valence-corrected chi connectivity index (χ0v) is 25.5. The van der Waals surface area contributed by atoms with Crippen LogP contribution in [0.25, 0.3) is 16.6 Å². The van der Waals surface area contributed by atoms with Gasteiger partial charge in [0, 0.05) is 38.3 Å². The minimum atomic E-state index is -0.128. The molecule has 4 aromatic rings. The molecule has 0 radical (unpaired) electrons. The van der Waals surface area contributed by atoms with Gasteiger partial charge in [-0.2, -0.15) is 0 Å². The van der Waals surface area contributed by atoms with E-state index >= 15 is 0 Å². The minimum absolute atomic E-state index is 0.000424. The lowest BCUT2D eigenvalue weighted by molar-refractivity contribution is -0.135. The molecule has 0 spiro atoms. The smallest absolute Gasteiger partial charge is 0.266 e. The van der Waals surface area contributed by atoms with Gasteiger partial charge in [-0.25, -0.2) is 4.98 Å². The van der Waals surface area contributed by atoms with E-state index in [2.05, 4.69) is 31.0 Å². The van der Waals surface area contributed by atoms with Crippen molar-refractivity contribution in [1.29, 1.82) is 0 Å². The molecular formula is C34H41N5O4. The van der Waals surface area contributed by atoms with Crippen LogP contribution >= 0.6 is 0 Å². The van der Waals surface area contributed by atoms with Crippen molar-refractivity contribution in [3.63, 3.8) is 0 Å². The molecule has 1 aliphatic rings. The third kappa shape index (κ3) is 7.60. The number of amides is 1. The maximum atomic E-state index is 13.7. The normalized spacial score (nSPS) is 14.2. The highest BCUT2D eigenvalue weighted by atomic mass is 16.5. The van der Waals surface area contributed by atoms with E-state index < -0.39 is 0 Å². The fraction of sp³-hybridized carbons (Fsp3) is 0.382. The first kappa shape index (κ1) is 30.3. The summed E-state index contributed by atoms with van der Waals surface area (Å²) in [6.07, 6.45) is 0. The molecule has 9 nitrogen and oxygen atoms in total. The van der Waals surface area contributed by atoms with Gasteiger partial charge in [-0.05, 0) is 69.7 Å². The highest BCUT2D eigenvalue weighted by molar-refractivity contribution is 5.78. The van der Waals surface area contributed by atoms with Gasteiger partial charge in [0.2, 0.25) is 0 Å². The van der Waals surface area contributed by atoms with Crippen LogP contribution in [0.4, 0.5) is 0 Å². The highest BCUT2D eigenvalue weighted by Gasteiger charge is 2.24. The largest absolute Gasteiger partial charge is 0.492 e. The van der Waals surface area contributed by atoms with Crippen LogP contribution in [0.5, 0.6) is 11.5 Å².